The molecule has 0 aliphatic heterocycles. The Hall–Kier alpha value is -4.01. The molecule has 0 saturated carbocycles. The molecule has 9 nitrogen and oxygen atoms in total. The zero-order chi connectivity index (χ0) is 20.4. The number of nitrogens with zero attached hydrogens (tertiary/aromatic N) is 5. The first kappa shape index (κ1) is 18.4. The lowest BCUT2D eigenvalue weighted by Gasteiger charge is -2.08. The van der Waals surface area contributed by atoms with Gasteiger partial charge in [0, 0.05) is 11.8 Å². The lowest BCUT2D eigenvalue weighted by atomic mass is 10.2. The number of aromatic nitrogens is 5. The minimum atomic E-state index is -0.435. The number of carbonyl (C=O) groups is 1. The monoisotopic (exact) mass is 390 g/mol. The van der Waals surface area contributed by atoms with Crippen LogP contribution in [0, 0.1) is 6.92 Å². The van der Waals surface area contributed by atoms with Crippen molar-refractivity contribution < 1.29 is 9.53 Å². The van der Waals surface area contributed by atoms with Crippen LogP contribution in [-0.2, 0) is 11.3 Å². The van der Waals surface area contributed by atoms with Gasteiger partial charge >= 0.3 is 0 Å². The van der Waals surface area contributed by atoms with Crippen LogP contribution in [0.15, 0.2) is 59.7 Å². The maximum atomic E-state index is 12.7. The van der Waals surface area contributed by atoms with Gasteiger partial charge in [-0.2, -0.15) is 4.68 Å². The number of hydrogen-bond acceptors (Lipinski definition) is 6. The van der Waals surface area contributed by atoms with Crippen molar-refractivity contribution in [1.82, 2.24) is 24.5 Å². The Morgan fingerprint density at radius 2 is 2.00 bits per heavy atom. The van der Waals surface area contributed by atoms with Gasteiger partial charge in [-0.05, 0) is 36.8 Å². The van der Waals surface area contributed by atoms with E-state index in [0.29, 0.717) is 17.1 Å². The van der Waals surface area contributed by atoms with Gasteiger partial charge in [0.2, 0.25) is 5.91 Å². The molecule has 0 bridgehead atoms. The number of amides is 1. The van der Waals surface area contributed by atoms with Crippen LogP contribution in [0.2, 0.25) is 0 Å². The summed E-state index contributed by atoms with van der Waals surface area (Å²) < 4.78 is 7.84. The number of anilines is 1. The van der Waals surface area contributed by atoms with Crippen LogP contribution in [-0.4, -0.2) is 37.6 Å². The fraction of sp³-hybridized carbons (Fsp3) is 0.150. The molecule has 0 atom stereocenters. The number of methoxy groups -OCH3 is 1. The highest BCUT2D eigenvalue weighted by Crippen LogP contribution is 2.17. The number of nitrogens with one attached hydrogen (secondary N) is 1. The Kier molecular flexibility index (Phi) is 4.78. The minimum absolute atomic E-state index is 0.100. The molecule has 0 saturated heterocycles. The van der Waals surface area contributed by atoms with Gasteiger partial charge < -0.3 is 10.1 Å². The van der Waals surface area contributed by atoms with E-state index in [-0.39, 0.29) is 18.0 Å². The van der Waals surface area contributed by atoms with Gasteiger partial charge in [0.15, 0.2) is 11.2 Å². The molecule has 2 aromatic heterocycles. The Morgan fingerprint density at radius 3 is 2.79 bits per heavy atom. The number of rotatable bonds is 5. The van der Waals surface area contributed by atoms with E-state index in [9.17, 15) is 9.59 Å². The van der Waals surface area contributed by atoms with Crippen molar-refractivity contribution in [2.45, 2.75) is 13.5 Å². The van der Waals surface area contributed by atoms with Gasteiger partial charge in [-0.25, -0.2) is 4.98 Å². The summed E-state index contributed by atoms with van der Waals surface area (Å²) in [5.74, 6) is 0.253. The number of hydrogen-bond donors (Lipinski definition) is 1. The van der Waals surface area contributed by atoms with E-state index in [4.69, 9.17) is 4.74 Å². The zero-order valence-electron chi connectivity index (χ0n) is 15.9. The van der Waals surface area contributed by atoms with E-state index >= 15 is 0 Å². The first-order chi connectivity index (χ1) is 14.0. The van der Waals surface area contributed by atoms with E-state index in [0.717, 1.165) is 11.3 Å². The minimum Gasteiger partial charge on any atom is -0.497 e. The molecule has 0 aliphatic carbocycles. The van der Waals surface area contributed by atoms with Gasteiger partial charge in [-0.3, -0.25) is 14.2 Å². The lowest BCUT2D eigenvalue weighted by molar-refractivity contribution is -0.116. The molecule has 1 N–H and O–H groups in total. The molecule has 29 heavy (non-hydrogen) atoms. The summed E-state index contributed by atoms with van der Waals surface area (Å²) in [4.78, 5) is 29.4. The first-order valence-corrected chi connectivity index (χ1v) is 8.87. The molecule has 2 aromatic carbocycles. The van der Waals surface area contributed by atoms with Crippen LogP contribution in [0.25, 0.3) is 16.9 Å². The molecule has 4 aromatic rings. The molecule has 0 unspecified atom stereocenters. The van der Waals surface area contributed by atoms with E-state index in [1.807, 2.05) is 31.2 Å². The van der Waals surface area contributed by atoms with E-state index < -0.39 is 5.56 Å². The number of ether oxygens (including phenoxy) is 1. The largest absolute Gasteiger partial charge is 0.497 e. The number of aryl methyl sites for hydroxylation is 1. The SMILES string of the molecule is COc1cccc(NC(=O)Cn2cnc3c(nnn3-c3cccc(C)c3)c2=O)c1. The second-order valence-corrected chi connectivity index (χ2v) is 6.47. The summed E-state index contributed by atoms with van der Waals surface area (Å²) in [6, 6.07) is 14.6. The predicted octanol–water partition coefficient (Wildman–Crippen LogP) is 1.93. The van der Waals surface area contributed by atoms with Gasteiger partial charge in [0.25, 0.3) is 5.56 Å². The van der Waals surface area contributed by atoms with Crippen LogP contribution >= 0.6 is 0 Å². The highest BCUT2D eigenvalue weighted by Gasteiger charge is 2.15. The summed E-state index contributed by atoms with van der Waals surface area (Å²) in [6.45, 7) is 1.76. The molecule has 0 aliphatic rings. The van der Waals surface area contributed by atoms with Crippen LogP contribution in [0.5, 0.6) is 5.75 Å². The second kappa shape index (κ2) is 7.55. The standard InChI is InChI=1S/C20H18N6O3/c1-13-5-3-7-15(9-13)26-19-18(23-24-26)20(28)25(12-21-19)11-17(27)22-14-6-4-8-16(10-14)29-2/h3-10,12H,11H2,1-2H3,(H,22,27). The molecule has 1 amide bonds. The van der Waals surface area contributed by atoms with Crippen molar-refractivity contribution in [3.63, 3.8) is 0 Å². The van der Waals surface area contributed by atoms with E-state index in [1.165, 1.54) is 15.6 Å². The summed E-state index contributed by atoms with van der Waals surface area (Å²) in [7, 11) is 1.55. The van der Waals surface area contributed by atoms with Crippen LogP contribution in [0.1, 0.15) is 5.56 Å². The smallest absolute Gasteiger partial charge is 0.284 e. The molecule has 4 rings (SSSR count). The quantitative estimate of drug-likeness (QED) is 0.558. The molecular formula is C20H18N6O3. The van der Waals surface area contributed by atoms with Crippen molar-refractivity contribution >= 4 is 22.8 Å². The lowest BCUT2D eigenvalue weighted by Crippen LogP contribution is -2.28. The number of benzene rings is 2. The predicted molar refractivity (Wildman–Crippen MR) is 107 cm³/mol. The summed E-state index contributed by atoms with van der Waals surface area (Å²) >= 11 is 0. The molecule has 0 radical (unpaired) electrons. The maximum Gasteiger partial charge on any atom is 0.284 e. The molecule has 146 valence electrons. The van der Waals surface area contributed by atoms with Crippen LogP contribution < -0.4 is 15.6 Å². The van der Waals surface area contributed by atoms with Gasteiger partial charge in [0.05, 0.1) is 12.8 Å². The molecule has 0 spiro atoms. The van der Waals surface area contributed by atoms with Crippen molar-refractivity contribution in [1.29, 1.82) is 0 Å². The summed E-state index contributed by atoms with van der Waals surface area (Å²) in [6.07, 6.45) is 1.32. The molecular weight excluding hydrogens is 372 g/mol. The average molecular weight is 390 g/mol. The zero-order valence-corrected chi connectivity index (χ0v) is 15.9. The Bertz CT molecular complexity index is 1260. The van der Waals surface area contributed by atoms with Crippen molar-refractivity contribution in [2.24, 2.45) is 0 Å². The van der Waals surface area contributed by atoms with Crippen molar-refractivity contribution in [3.8, 4) is 11.4 Å². The third kappa shape index (κ3) is 3.70. The van der Waals surface area contributed by atoms with Crippen molar-refractivity contribution in [2.75, 3.05) is 12.4 Å². The summed E-state index contributed by atoms with van der Waals surface area (Å²) in [5, 5.41) is 10.7. The van der Waals surface area contributed by atoms with E-state index in [2.05, 4.69) is 20.6 Å². The van der Waals surface area contributed by atoms with Crippen LogP contribution in [0.4, 0.5) is 5.69 Å². The molecule has 2 heterocycles. The van der Waals surface area contributed by atoms with E-state index in [1.54, 1.807) is 31.4 Å². The highest BCUT2D eigenvalue weighted by atomic mass is 16.5. The molecule has 9 heteroatoms. The van der Waals surface area contributed by atoms with Gasteiger partial charge in [0.1, 0.15) is 18.6 Å². The fourth-order valence-corrected chi connectivity index (χ4v) is 2.95. The molecule has 0 fully saturated rings. The normalized spacial score (nSPS) is 10.8. The fourth-order valence-electron chi connectivity index (χ4n) is 2.95. The topological polar surface area (TPSA) is 104 Å². The maximum absolute atomic E-state index is 12.7. The van der Waals surface area contributed by atoms with Gasteiger partial charge in [-0.1, -0.05) is 23.4 Å². The third-order valence-electron chi connectivity index (χ3n) is 4.34. The Morgan fingerprint density at radius 1 is 1.17 bits per heavy atom. The summed E-state index contributed by atoms with van der Waals surface area (Å²) in [5.41, 5.74) is 2.38. The highest BCUT2D eigenvalue weighted by molar-refractivity contribution is 5.90. The van der Waals surface area contributed by atoms with Crippen LogP contribution in [0.3, 0.4) is 0 Å². The van der Waals surface area contributed by atoms with Gasteiger partial charge in [-0.15, -0.1) is 5.10 Å². The Labute approximate surface area is 165 Å². The number of carbonyl (C=O) groups excluding carboxylic acids is 1. The number of fused-ring (bicyclic) bond motifs is 1. The Balaban J connectivity index is 1.59. The average Bonchev–Trinajstić information content (AvgIpc) is 3.15. The van der Waals surface area contributed by atoms with Crippen molar-refractivity contribution in [3.05, 3.63) is 70.8 Å². The first-order valence-electron chi connectivity index (χ1n) is 8.87. The third-order valence-corrected chi connectivity index (χ3v) is 4.34. The second-order valence-electron chi connectivity index (χ2n) is 6.47.